The Kier molecular flexibility index (Phi) is 7.13. The molecule has 0 radical (unpaired) electrons. The minimum atomic E-state index is -4.38. The highest BCUT2D eigenvalue weighted by molar-refractivity contribution is 14.1. The van der Waals surface area contributed by atoms with Gasteiger partial charge in [0.15, 0.2) is 0 Å². The largest absolute Gasteiger partial charge is 0.399 e. The van der Waals surface area contributed by atoms with Gasteiger partial charge in [-0.15, -0.1) is 0 Å². The van der Waals surface area contributed by atoms with E-state index in [1.54, 1.807) is 0 Å². The summed E-state index contributed by atoms with van der Waals surface area (Å²) in [6.45, 7) is 3.64. The lowest BCUT2D eigenvalue weighted by molar-refractivity contribution is 0.0317. The maximum atomic E-state index is 14.1. The molecule has 0 aromatic heterocycles. The van der Waals surface area contributed by atoms with Crippen LogP contribution in [0.4, 0.5) is 8.78 Å². The normalized spacial score (nSPS) is 21.4. The number of halogens is 3. The van der Waals surface area contributed by atoms with Crippen LogP contribution in [-0.2, 0) is 18.3 Å². The molecule has 0 aliphatic carbocycles. The van der Waals surface area contributed by atoms with E-state index in [2.05, 4.69) is 0 Å². The van der Waals surface area contributed by atoms with Crippen molar-refractivity contribution in [3.8, 4) is 0 Å². The van der Waals surface area contributed by atoms with Crippen LogP contribution in [0.3, 0.4) is 0 Å². The molecule has 114 valence electrons. The number of hydrogen-bond acceptors (Lipinski definition) is 4. The summed E-state index contributed by atoms with van der Waals surface area (Å²) in [5, 5.41) is 0. The molecule has 0 aromatic carbocycles. The summed E-state index contributed by atoms with van der Waals surface area (Å²) in [4.78, 5) is 0. The molecule has 0 N–H and O–H groups in total. The first-order valence-electron chi connectivity index (χ1n) is 6.37. The summed E-state index contributed by atoms with van der Waals surface area (Å²) in [6.07, 6.45) is 1.09. The summed E-state index contributed by atoms with van der Waals surface area (Å²) in [7, 11) is -4.38. The third-order valence-electron chi connectivity index (χ3n) is 2.67. The Hall–Kier alpha value is 0.700. The fraction of sp³-hybridized carbons (Fsp3) is 1.00. The van der Waals surface area contributed by atoms with E-state index in [4.69, 9.17) is 13.8 Å². The highest BCUT2D eigenvalue weighted by Crippen LogP contribution is 2.64. The van der Waals surface area contributed by atoms with Crippen molar-refractivity contribution in [3.63, 3.8) is 0 Å². The molecule has 0 amide bonds. The minimum Gasteiger partial charge on any atom is -0.373 e. The average molecular weight is 412 g/mol. The lowest BCUT2D eigenvalue weighted by Crippen LogP contribution is -2.24. The number of alkyl halides is 3. The first-order chi connectivity index (χ1) is 8.84. The van der Waals surface area contributed by atoms with Gasteiger partial charge in [0.1, 0.15) is 0 Å². The van der Waals surface area contributed by atoms with Gasteiger partial charge in [0.05, 0.1) is 25.9 Å². The second-order valence-electron chi connectivity index (χ2n) is 4.33. The second kappa shape index (κ2) is 7.64. The molecule has 1 saturated heterocycles. The third-order valence-corrected chi connectivity index (χ3v) is 5.91. The van der Waals surface area contributed by atoms with E-state index in [9.17, 15) is 13.3 Å². The van der Waals surface area contributed by atoms with Gasteiger partial charge in [0, 0.05) is 10.3 Å². The first kappa shape index (κ1) is 17.8. The number of ether oxygens (including phenoxy) is 1. The zero-order valence-corrected chi connectivity index (χ0v) is 14.2. The summed E-state index contributed by atoms with van der Waals surface area (Å²) in [5.41, 5.74) is -3.45. The summed E-state index contributed by atoms with van der Waals surface area (Å²) >= 11 is 1.96. The van der Waals surface area contributed by atoms with Crippen LogP contribution in [0.1, 0.15) is 33.1 Å². The van der Waals surface area contributed by atoms with Crippen molar-refractivity contribution in [1.82, 2.24) is 0 Å². The molecule has 0 aromatic rings. The molecule has 1 fully saturated rings. The maximum absolute atomic E-state index is 14.1. The van der Waals surface area contributed by atoms with Crippen molar-refractivity contribution in [2.24, 2.45) is 0 Å². The minimum absolute atomic E-state index is 0.0608. The first-order valence-corrected chi connectivity index (χ1v) is 9.16. The Bertz CT molecular complexity index is 316. The summed E-state index contributed by atoms with van der Waals surface area (Å²) < 4.78 is 54.5. The van der Waals surface area contributed by atoms with Gasteiger partial charge in [-0.3, -0.25) is 4.57 Å². The van der Waals surface area contributed by atoms with Gasteiger partial charge >= 0.3 is 13.3 Å². The van der Waals surface area contributed by atoms with Crippen LogP contribution >= 0.6 is 30.2 Å². The molecule has 1 aliphatic heterocycles. The Morgan fingerprint density at radius 3 is 2.37 bits per heavy atom. The molecule has 0 saturated carbocycles. The van der Waals surface area contributed by atoms with E-state index in [0.717, 1.165) is 13.0 Å². The van der Waals surface area contributed by atoms with Crippen molar-refractivity contribution in [3.05, 3.63) is 0 Å². The molecule has 4 nitrogen and oxygen atoms in total. The van der Waals surface area contributed by atoms with Crippen LogP contribution in [0, 0.1) is 0 Å². The van der Waals surface area contributed by atoms with Gasteiger partial charge in [-0.2, -0.15) is 8.78 Å². The average Bonchev–Trinajstić information content (AvgIpc) is 3.10. The zero-order chi connectivity index (χ0) is 14.5. The Labute approximate surface area is 126 Å². The molecule has 1 heterocycles. The van der Waals surface area contributed by atoms with E-state index < -0.39 is 19.7 Å². The zero-order valence-electron chi connectivity index (χ0n) is 11.1. The number of hydrogen-bond donors (Lipinski definition) is 0. The Morgan fingerprint density at radius 2 is 1.95 bits per heavy atom. The van der Waals surface area contributed by atoms with Crippen molar-refractivity contribution < 1.29 is 27.1 Å². The molecule has 0 bridgehead atoms. The standard InChI is InChI=1S/C11H20F2IO4P/c1-3-17-19(15,18-4-2)11(12,13)7-9(14)5-6-10-8-16-10/h9-10H,3-8H2,1-2H3. The van der Waals surface area contributed by atoms with Gasteiger partial charge < -0.3 is 13.8 Å². The third kappa shape index (κ3) is 5.53. The number of epoxide rings is 1. The molecular formula is C11H20F2IO4P. The van der Waals surface area contributed by atoms with Gasteiger partial charge in [-0.05, 0) is 26.7 Å². The molecular weight excluding hydrogens is 392 g/mol. The van der Waals surface area contributed by atoms with Crippen LogP contribution in [0.25, 0.3) is 0 Å². The summed E-state index contributed by atoms with van der Waals surface area (Å²) in [5.74, 6) is 0. The maximum Gasteiger partial charge on any atom is 0.399 e. The van der Waals surface area contributed by atoms with Gasteiger partial charge in [-0.1, -0.05) is 22.6 Å². The molecule has 19 heavy (non-hydrogen) atoms. The summed E-state index contributed by atoms with van der Waals surface area (Å²) in [6, 6.07) is 0. The van der Waals surface area contributed by atoms with Crippen molar-refractivity contribution in [2.75, 3.05) is 19.8 Å². The van der Waals surface area contributed by atoms with Crippen LogP contribution in [0.5, 0.6) is 0 Å². The molecule has 2 unspecified atom stereocenters. The molecule has 2 atom stereocenters. The lowest BCUT2D eigenvalue weighted by atomic mass is 10.1. The molecule has 1 aliphatic rings. The molecule has 8 heteroatoms. The van der Waals surface area contributed by atoms with Crippen LogP contribution in [-0.4, -0.2) is 35.5 Å². The Balaban J connectivity index is 2.55. The quantitative estimate of drug-likeness (QED) is 0.233. The lowest BCUT2D eigenvalue weighted by Gasteiger charge is -2.27. The van der Waals surface area contributed by atoms with Gasteiger partial charge in [-0.25, -0.2) is 0 Å². The van der Waals surface area contributed by atoms with E-state index in [-0.39, 0.29) is 23.2 Å². The van der Waals surface area contributed by atoms with Crippen LogP contribution in [0.15, 0.2) is 0 Å². The van der Waals surface area contributed by atoms with E-state index >= 15 is 0 Å². The smallest absolute Gasteiger partial charge is 0.373 e. The van der Waals surface area contributed by atoms with Gasteiger partial charge in [0.2, 0.25) is 0 Å². The molecule has 0 spiro atoms. The number of rotatable bonds is 10. The highest BCUT2D eigenvalue weighted by Gasteiger charge is 2.53. The predicted molar refractivity (Wildman–Crippen MR) is 77.2 cm³/mol. The van der Waals surface area contributed by atoms with Crippen molar-refractivity contribution >= 4 is 30.2 Å². The van der Waals surface area contributed by atoms with Crippen molar-refractivity contribution in [2.45, 2.75) is 48.8 Å². The SMILES string of the molecule is CCOP(=O)(OCC)C(F)(F)CC(I)CCC1CO1. The fourth-order valence-corrected chi connectivity index (χ4v) is 4.49. The fourth-order valence-electron chi connectivity index (χ4n) is 1.65. The van der Waals surface area contributed by atoms with E-state index in [1.165, 1.54) is 13.8 Å². The van der Waals surface area contributed by atoms with Crippen molar-refractivity contribution in [1.29, 1.82) is 0 Å². The predicted octanol–water partition coefficient (Wildman–Crippen LogP) is 4.22. The van der Waals surface area contributed by atoms with E-state index in [1.807, 2.05) is 22.6 Å². The van der Waals surface area contributed by atoms with Crippen LogP contribution in [0.2, 0.25) is 0 Å². The van der Waals surface area contributed by atoms with E-state index in [0.29, 0.717) is 6.42 Å². The second-order valence-corrected chi connectivity index (χ2v) is 8.26. The monoisotopic (exact) mass is 412 g/mol. The van der Waals surface area contributed by atoms with Crippen LogP contribution < -0.4 is 0 Å². The van der Waals surface area contributed by atoms with Gasteiger partial charge in [0.25, 0.3) is 0 Å². The highest BCUT2D eigenvalue weighted by atomic mass is 127. The topological polar surface area (TPSA) is 48.1 Å². The molecule has 1 rings (SSSR count). The Morgan fingerprint density at radius 1 is 1.42 bits per heavy atom.